The fourth-order valence-electron chi connectivity index (χ4n) is 8.65. The molecule has 2 saturated carbocycles. The van der Waals surface area contributed by atoms with Crippen molar-refractivity contribution in [3.8, 4) is 16.6 Å². The summed E-state index contributed by atoms with van der Waals surface area (Å²) in [5.41, 5.74) is 0.425. The molecular formula is C42H43F2N7O8S2. The van der Waals surface area contributed by atoms with Gasteiger partial charge in [0.1, 0.15) is 22.9 Å². The number of hydrogen-bond donors (Lipinski definition) is 2. The Morgan fingerprint density at radius 1 is 0.951 bits per heavy atom. The number of thiazole rings is 1. The van der Waals surface area contributed by atoms with E-state index in [0.717, 1.165) is 10.2 Å². The van der Waals surface area contributed by atoms with E-state index >= 15 is 8.78 Å². The molecule has 2 saturated heterocycles. The summed E-state index contributed by atoms with van der Waals surface area (Å²) in [4.78, 5) is 72.6. The van der Waals surface area contributed by atoms with Crippen LogP contribution in [0.2, 0.25) is 0 Å². The lowest BCUT2D eigenvalue weighted by atomic mass is 9.89. The van der Waals surface area contributed by atoms with Crippen LogP contribution in [-0.4, -0.2) is 92.8 Å². The molecule has 0 radical (unpaired) electrons. The maximum atomic E-state index is 15.5. The van der Waals surface area contributed by atoms with Gasteiger partial charge in [0.05, 0.1) is 44.5 Å². The number of carbonyl (C=O) groups excluding carboxylic acids is 4. The van der Waals surface area contributed by atoms with Crippen LogP contribution >= 0.6 is 11.3 Å². The van der Waals surface area contributed by atoms with E-state index in [0.29, 0.717) is 53.2 Å². The highest BCUT2D eigenvalue weighted by Gasteiger charge is 2.64. The molecule has 2 aliphatic carbocycles. The summed E-state index contributed by atoms with van der Waals surface area (Å²) in [5, 5.41) is 6.28. The SMILES string of the molecule is Cc1cc(C(=O)N[C@H]2CCCCCC(F)(F)C[C@@H]3C[C@@]3(C(=O)NS(=O)(=O)C3CC3)CC(=O)[C@@H]3C[C@@H](Oc4nc5ccccc5nc4-c4nc5ccccc5s4)CN3C2=O)no1. The number of ketones is 1. The number of halogens is 2. The van der Waals surface area contributed by atoms with E-state index in [1.807, 2.05) is 36.4 Å². The van der Waals surface area contributed by atoms with E-state index < -0.39 is 93.5 Å². The van der Waals surface area contributed by atoms with Crippen LogP contribution in [0.3, 0.4) is 0 Å². The summed E-state index contributed by atoms with van der Waals surface area (Å²) in [6.07, 6.45) is -1.34. The topological polar surface area (TPSA) is 204 Å². The standard InChI is InChI=1S/C42H43F2N7O8S2/c1-23-17-31(49-59-23)36(53)46-30-12-3-2-8-16-42(43,44)20-24-19-41(24,40(55)50-61(56,57)26-14-15-26)21-33(52)32-18-25(22-51(32)39(30)54)58-37-35(45-27-9-4-5-10-28(27)47-37)38-48-29-11-6-7-13-34(29)60-38/h4-7,9-11,13,17,24-26,30,32H,2-3,8,12,14-16,18-22H2,1H3,(H,46,53)(H,50,55)/t24-,25+,30-,32-,41+/m0/s1. The molecule has 4 fully saturated rings. The van der Waals surface area contributed by atoms with Gasteiger partial charge in [-0.2, -0.15) is 0 Å². The van der Waals surface area contributed by atoms with Crippen molar-refractivity contribution in [2.45, 2.75) is 107 Å². The normalized spacial score (nSPS) is 25.9. The molecule has 5 heterocycles. The minimum atomic E-state index is -4.07. The van der Waals surface area contributed by atoms with Crippen molar-refractivity contribution in [3.05, 3.63) is 66.1 Å². The number of para-hydroxylation sites is 3. The first kappa shape index (κ1) is 40.9. The highest BCUT2D eigenvalue weighted by molar-refractivity contribution is 7.90. The van der Waals surface area contributed by atoms with Gasteiger partial charge in [-0.25, -0.2) is 32.2 Å². The zero-order valence-electron chi connectivity index (χ0n) is 33.1. The Hall–Kier alpha value is -5.43. The van der Waals surface area contributed by atoms with Gasteiger partial charge in [-0.3, -0.25) is 23.9 Å². The number of benzene rings is 2. The van der Waals surface area contributed by atoms with Gasteiger partial charge in [-0.1, -0.05) is 42.3 Å². The van der Waals surface area contributed by atoms with Crippen molar-refractivity contribution >= 4 is 66.1 Å². The summed E-state index contributed by atoms with van der Waals surface area (Å²) >= 11 is 1.39. The summed E-state index contributed by atoms with van der Waals surface area (Å²) in [7, 11) is -4.07. The Labute approximate surface area is 353 Å². The van der Waals surface area contributed by atoms with E-state index in [9.17, 15) is 27.6 Å². The van der Waals surface area contributed by atoms with E-state index in [1.165, 1.54) is 22.3 Å². The van der Waals surface area contributed by atoms with Crippen LogP contribution in [0.25, 0.3) is 32.0 Å². The Balaban J connectivity index is 1.07. The number of carbonyl (C=O) groups is 4. The van der Waals surface area contributed by atoms with Crippen molar-refractivity contribution in [1.29, 1.82) is 0 Å². The Morgan fingerprint density at radius 3 is 2.41 bits per heavy atom. The predicted molar refractivity (Wildman–Crippen MR) is 218 cm³/mol. The smallest absolute Gasteiger partial charge is 0.274 e. The molecule has 0 bridgehead atoms. The highest BCUT2D eigenvalue weighted by atomic mass is 32.2. The third-order valence-electron chi connectivity index (χ3n) is 12.1. The molecule has 3 aromatic heterocycles. The first-order chi connectivity index (χ1) is 29.2. The largest absolute Gasteiger partial charge is 0.471 e. The maximum Gasteiger partial charge on any atom is 0.274 e. The van der Waals surface area contributed by atoms with Gasteiger partial charge in [-0.05, 0) is 69.2 Å². The van der Waals surface area contributed by atoms with Crippen molar-refractivity contribution < 1.29 is 45.6 Å². The van der Waals surface area contributed by atoms with Crippen molar-refractivity contribution in [3.63, 3.8) is 0 Å². The monoisotopic (exact) mass is 875 g/mol. The van der Waals surface area contributed by atoms with E-state index in [-0.39, 0.29) is 43.8 Å². The number of amides is 3. The number of fused-ring (bicyclic) bond motifs is 4. The minimum absolute atomic E-state index is 0.0674. The second-order valence-electron chi connectivity index (χ2n) is 16.7. The molecule has 3 amide bonds. The fraction of sp³-hybridized carbons (Fsp3) is 0.476. The molecule has 5 atom stereocenters. The fourth-order valence-corrected chi connectivity index (χ4v) is 11.0. The molecule has 2 N–H and O–H groups in total. The van der Waals surface area contributed by atoms with Crippen LogP contribution in [0.5, 0.6) is 5.88 Å². The Bertz CT molecular complexity index is 2640. The first-order valence-electron chi connectivity index (χ1n) is 20.5. The Kier molecular flexibility index (Phi) is 10.6. The lowest BCUT2D eigenvalue weighted by molar-refractivity contribution is -0.140. The third kappa shape index (κ3) is 8.45. The number of sulfonamides is 1. The molecule has 19 heteroatoms. The van der Waals surface area contributed by atoms with Crippen LogP contribution in [0, 0.1) is 18.3 Å². The number of nitrogens with zero attached hydrogens (tertiary/aromatic N) is 5. The molecule has 61 heavy (non-hydrogen) atoms. The summed E-state index contributed by atoms with van der Waals surface area (Å²) in [5.74, 6) is -6.60. The number of aromatic nitrogens is 4. The molecule has 0 spiro atoms. The number of alkyl halides is 2. The zero-order chi connectivity index (χ0) is 42.7. The predicted octanol–water partition coefficient (Wildman–Crippen LogP) is 5.91. The van der Waals surface area contributed by atoms with Gasteiger partial charge in [0.15, 0.2) is 17.2 Å². The average Bonchev–Trinajstić information content (AvgIpc) is 4.03. The molecule has 5 aromatic rings. The number of aryl methyl sites for hydroxylation is 1. The Morgan fingerprint density at radius 2 is 1.69 bits per heavy atom. The summed E-state index contributed by atoms with van der Waals surface area (Å²) in [6, 6.07) is 13.8. The number of nitrogens with one attached hydrogen (secondary N) is 2. The van der Waals surface area contributed by atoms with Gasteiger partial charge >= 0.3 is 0 Å². The minimum Gasteiger partial charge on any atom is -0.471 e. The maximum absolute atomic E-state index is 15.5. The number of Topliss-reactive ketones (excluding diaryl/α,β-unsaturated/α-hetero) is 1. The second kappa shape index (κ2) is 15.8. The molecule has 2 aromatic carbocycles. The van der Waals surface area contributed by atoms with E-state index in [1.54, 1.807) is 19.1 Å². The highest BCUT2D eigenvalue weighted by Crippen LogP contribution is 2.60. The second-order valence-corrected chi connectivity index (χ2v) is 19.7. The van der Waals surface area contributed by atoms with Crippen molar-refractivity contribution in [2.75, 3.05) is 6.54 Å². The number of hydrogen-bond acceptors (Lipinski definition) is 13. The molecular weight excluding hydrogens is 833 g/mol. The molecule has 4 aliphatic rings. The van der Waals surface area contributed by atoms with Crippen LogP contribution in [-0.2, 0) is 24.4 Å². The summed E-state index contributed by atoms with van der Waals surface area (Å²) < 4.78 is 71.7. The van der Waals surface area contributed by atoms with Crippen molar-refractivity contribution in [2.24, 2.45) is 11.3 Å². The molecule has 15 nitrogen and oxygen atoms in total. The molecule has 0 unspecified atom stereocenters. The third-order valence-corrected chi connectivity index (χ3v) is 15.0. The average molecular weight is 876 g/mol. The number of ether oxygens (including phenoxy) is 1. The van der Waals surface area contributed by atoms with Crippen molar-refractivity contribution in [1.82, 2.24) is 35.0 Å². The summed E-state index contributed by atoms with van der Waals surface area (Å²) in [6.45, 7) is 1.46. The lowest BCUT2D eigenvalue weighted by Crippen LogP contribution is -2.52. The van der Waals surface area contributed by atoms with Gasteiger partial charge < -0.3 is 19.5 Å². The zero-order valence-corrected chi connectivity index (χ0v) is 34.8. The van der Waals surface area contributed by atoms with Crippen LogP contribution in [0.4, 0.5) is 8.78 Å². The lowest BCUT2D eigenvalue weighted by Gasteiger charge is -2.29. The van der Waals surface area contributed by atoms with Gasteiger partial charge in [0.2, 0.25) is 33.6 Å². The van der Waals surface area contributed by atoms with Crippen LogP contribution < -0.4 is 14.8 Å². The molecule has 9 rings (SSSR count). The quantitative estimate of drug-likeness (QED) is 0.187. The van der Waals surface area contributed by atoms with Gasteiger partial charge in [0, 0.05) is 31.7 Å². The number of rotatable bonds is 8. The first-order valence-corrected chi connectivity index (χ1v) is 22.8. The molecule has 320 valence electrons. The van der Waals surface area contributed by atoms with E-state index in [2.05, 4.69) is 15.2 Å². The van der Waals surface area contributed by atoms with Crippen LogP contribution in [0.15, 0.2) is 59.1 Å². The molecule has 2 aliphatic heterocycles. The van der Waals surface area contributed by atoms with Gasteiger partial charge in [-0.15, -0.1) is 11.3 Å². The van der Waals surface area contributed by atoms with Gasteiger partial charge in [0.25, 0.3) is 5.91 Å². The van der Waals surface area contributed by atoms with Crippen LogP contribution in [0.1, 0.15) is 86.9 Å². The van der Waals surface area contributed by atoms with E-state index in [4.69, 9.17) is 24.2 Å².